The standard InChI is InChI=1S/C38H28F6NO2P/c1-23(2)45(36(26-11-7-13-28(21-26)37(39,40)41)27-12-8-14-29(22-27)38(42,43)44)48-46-32-19-17-24-9-3-5-15-30(24)34(32)35-31-16-6-4-10-25(31)18-20-33(35)47-48/h3-23,36H,1-2H3. The second-order valence-corrected chi connectivity index (χ2v) is 13.2. The van der Waals surface area contributed by atoms with Crippen LogP contribution < -0.4 is 4.67 Å². The van der Waals surface area contributed by atoms with Gasteiger partial charge in [0.1, 0.15) is 11.2 Å². The zero-order valence-corrected chi connectivity index (χ0v) is 26.6. The predicted molar refractivity (Wildman–Crippen MR) is 179 cm³/mol. The van der Waals surface area contributed by atoms with E-state index in [1.165, 1.54) is 24.3 Å². The number of rotatable bonds is 5. The molecule has 3 nitrogen and oxygen atoms in total. The molecule has 0 unspecified atom stereocenters. The highest BCUT2D eigenvalue weighted by Gasteiger charge is 2.36. The summed E-state index contributed by atoms with van der Waals surface area (Å²) in [6.07, 6.45) is -9.34. The summed E-state index contributed by atoms with van der Waals surface area (Å²) in [5.41, 5.74) is -0.544. The van der Waals surface area contributed by atoms with E-state index >= 15 is 0 Å². The summed E-state index contributed by atoms with van der Waals surface area (Å²) in [5.74, 6) is 0. The molecule has 48 heavy (non-hydrogen) atoms. The highest BCUT2D eigenvalue weighted by Crippen LogP contribution is 2.48. The second-order valence-electron chi connectivity index (χ2n) is 11.9. The van der Waals surface area contributed by atoms with E-state index in [9.17, 15) is 26.3 Å². The summed E-state index contributed by atoms with van der Waals surface area (Å²) in [4.78, 5) is 0. The lowest BCUT2D eigenvalue weighted by Gasteiger charge is -2.33. The maximum absolute atomic E-state index is 14.0. The minimum Gasteiger partial charge on any atom is -0.408 e. The molecule has 0 saturated heterocycles. The normalized spacial score (nSPS) is 12.7. The van der Waals surface area contributed by atoms with E-state index in [0.29, 0.717) is 11.2 Å². The van der Waals surface area contributed by atoms with Gasteiger partial charge in [0.2, 0.25) is 0 Å². The summed E-state index contributed by atoms with van der Waals surface area (Å²) >= 11 is 0. The first-order valence-corrected chi connectivity index (χ1v) is 16.4. The van der Waals surface area contributed by atoms with Crippen molar-refractivity contribution in [2.24, 2.45) is 0 Å². The number of nitrogens with zero attached hydrogens (tertiary/aromatic N) is 1. The van der Waals surface area contributed by atoms with Crippen LogP contribution in [0, 0.1) is 0 Å². The van der Waals surface area contributed by atoms with E-state index in [0.717, 1.165) is 56.6 Å². The Morgan fingerprint density at radius 3 is 1.40 bits per heavy atom. The Morgan fingerprint density at radius 1 is 0.542 bits per heavy atom. The molecule has 244 valence electrons. The van der Waals surface area contributed by atoms with Gasteiger partial charge in [0.25, 0.3) is 0 Å². The molecule has 0 N–H and O–H groups in total. The fourth-order valence-corrected chi connectivity index (χ4v) is 8.00. The number of alkyl halides is 6. The van der Waals surface area contributed by atoms with Gasteiger partial charge in [-0.3, -0.25) is 0 Å². The molecule has 0 aliphatic heterocycles. The Bertz CT molecular complexity index is 2190. The Labute approximate surface area is 272 Å². The first kappa shape index (κ1) is 31.9. The first-order valence-electron chi connectivity index (χ1n) is 15.2. The van der Waals surface area contributed by atoms with Gasteiger partial charge in [0, 0.05) is 16.8 Å². The lowest BCUT2D eigenvalue weighted by Crippen LogP contribution is -2.33. The predicted octanol–water partition coefficient (Wildman–Crippen LogP) is 12.8. The van der Waals surface area contributed by atoms with E-state index in [1.807, 2.05) is 86.6 Å². The average molecular weight is 676 g/mol. The largest absolute Gasteiger partial charge is 0.416 e. The molecular weight excluding hydrogens is 647 g/mol. The third kappa shape index (κ3) is 5.82. The van der Waals surface area contributed by atoms with E-state index < -0.39 is 43.7 Å². The van der Waals surface area contributed by atoms with Crippen LogP contribution in [0.15, 0.2) is 130 Å². The molecule has 0 radical (unpaired) electrons. The smallest absolute Gasteiger partial charge is 0.408 e. The number of hydrogen-bond acceptors (Lipinski definition) is 3. The van der Waals surface area contributed by atoms with Crippen LogP contribution in [0.1, 0.15) is 42.1 Å². The van der Waals surface area contributed by atoms with E-state index in [-0.39, 0.29) is 11.1 Å². The van der Waals surface area contributed by atoms with Crippen molar-refractivity contribution in [1.29, 1.82) is 0 Å². The summed E-state index contributed by atoms with van der Waals surface area (Å²) in [5, 5.41) is 5.35. The minimum atomic E-state index is -4.67. The minimum absolute atomic E-state index is 0.147. The number of hydrogen-bond donors (Lipinski definition) is 0. The maximum atomic E-state index is 14.0. The van der Waals surface area contributed by atoms with Gasteiger partial charge in [0.15, 0.2) is 0 Å². The molecule has 0 aliphatic rings. The molecule has 7 rings (SSSR count). The number of fused-ring (bicyclic) bond motifs is 7. The van der Waals surface area contributed by atoms with Crippen LogP contribution >= 0.6 is 8.16 Å². The van der Waals surface area contributed by atoms with Crippen molar-refractivity contribution in [2.45, 2.75) is 38.3 Å². The van der Waals surface area contributed by atoms with Crippen LogP contribution in [0.5, 0.6) is 0 Å². The van der Waals surface area contributed by atoms with Gasteiger partial charge in [-0.2, -0.15) is 31.0 Å². The summed E-state index contributed by atoms with van der Waals surface area (Å²) in [6.45, 7) is 3.63. The molecule has 1 heterocycles. The molecule has 7 aromatic rings. The Morgan fingerprint density at radius 2 is 0.979 bits per heavy atom. The van der Waals surface area contributed by atoms with Crippen LogP contribution in [0.2, 0.25) is 0 Å². The van der Waals surface area contributed by atoms with Gasteiger partial charge >= 0.3 is 20.5 Å². The fourth-order valence-electron chi connectivity index (χ4n) is 6.30. The van der Waals surface area contributed by atoms with Crippen LogP contribution in [0.4, 0.5) is 26.3 Å². The SMILES string of the molecule is CC(C)N(C(c1cccc(C(F)(F)F)c1)c1cccc(C(F)(F)F)c1)p1oc2ccc3ccccc3c2c2c(ccc3ccccc32)o1. The fraction of sp³-hybridized carbons (Fsp3) is 0.158. The van der Waals surface area contributed by atoms with Gasteiger partial charge in [0.05, 0.1) is 17.2 Å². The Balaban J connectivity index is 1.59. The van der Waals surface area contributed by atoms with Gasteiger partial charge in [-0.25, -0.2) is 0 Å². The third-order valence-corrected chi connectivity index (χ3v) is 10.2. The molecule has 6 aromatic carbocycles. The van der Waals surface area contributed by atoms with E-state index in [2.05, 4.69) is 0 Å². The Kier molecular flexibility index (Phi) is 8.01. The molecule has 0 aliphatic carbocycles. The topological polar surface area (TPSA) is 29.5 Å². The van der Waals surface area contributed by atoms with Crippen LogP contribution in [0.3, 0.4) is 0 Å². The quantitative estimate of drug-likeness (QED) is 0.170. The van der Waals surface area contributed by atoms with Gasteiger partial charge < -0.3 is 8.39 Å². The molecule has 0 saturated carbocycles. The number of halogens is 6. The maximum Gasteiger partial charge on any atom is 0.416 e. The summed E-state index contributed by atoms with van der Waals surface area (Å²) in [7, 11) is -2.18. The monoisotopic (exact) mass is 675 g/mol. The third-order valence-electron chi connectivity index (χ3n) is 8.43. The lowest BCUT2D eigenvalue weighted by atomic mass is 9.95. The zero-order valence-electron chi connectivity index (χ0n) is 25.7. The van der Waals surface area contributed by atoms with Crippen molar-refractivity contribution in [2.75, 3.05) is 4.67 Å². The van der Waals surface area contributed by atoms with Crippen LogP contribution in [0.25, 0.3) is 43.5 Å². The van der Waals surface area contributed by atoms with Crippen molar-refractivity contribution in [3.63, 3.8) is 0 Å². The first-order chi connectivity index (χ1) is 22.9. The molecule has 10 heteroatoms. The van der Waals surface area contributed by atoms with E-state index in [4.69, 9.17) is 8.39 Å². The van der Waals surface area contributed by atoms with Crippen LogP contribution in [-0.4, -0.2) is 6.04 Å². The molecule has 0 bridgehead atoms. The molecule has 0 amide bonds. The van der Waals surface area contributed by atoms with Crippen molar-refractivity contribution in [3.05, 3.63) is 144 Å². The van der Waals surface area contributed by atoms with Gasteiger partial charge in [-0.05, 0) is 82.9 Å². The Hall–Kier alpha value is -4.72. The lowest BCUT2D eigenvalue weighted by molar-refractivity contribution is -0.138. The van der Waals surface area contributed by atoms with Crippen molar-refractivity contribution >= 4 is 51.6 Å². The average Bonchev–Trinajstić information content (AvgIpc) is 3.23. The van der Waals surface area contributed by atoms with Crippen molar-refractivity contribution in [3.8, 4) is 0 Å². The molecular formula is C38H28F6NO2P. The zero-order chi connectivity index (χ0) is 33.8. The molecule has 1 aromatic heterocycles. The molecule has 0 atom stereocenters. The summed E-state index contributed by atoms with van der Waals surface area (Å²) < 4.78 is 99.3. The highest BCUT2D eigenvalue weighted by molar-refractivity contribution is 7.39. The van der Waals surface area contributed by atoms with Gasteiger partial charge in [-0.1, -0.05) is 84.9 Å². The van der Waals surface area contributed by atoms with E-state index in [1.54, 1.807) is 4.67 Å². The highest BCUT2D eigenvalue weighted by atomic mass is 31.1. The van der Waals surface area contributed by atoms with Crippen molar-refractivity contribution in [1.82, 2.24) is 0 Å². The van der Waals surface area contributed by atoms with Crippen LogP contribution in [-0.2, 0) is 12.4 Å². The second kappa shape index (κ2) is 12.1. The van der Waals surface area contributed by atoms with Crippen molar-refractivity contribution < 1.29 is 34.7 Å². The summed E-state index contributed by atoms with van der Waals surface area (Å²) in [6, 6.07) is 31.0. The molecule has 0 fully saturated rings. The molecule has 0 spiro atoms. The van der Waals surface area contributed by atoms with Gasteiger partial charge in [-0.15, -0.1) is 0 Å². The number of benzene rings is 6.